The van der Waals surface area contributed by atoms with Crippen molar-refractivity contribution in [2.24, 2.45) is 0 Å². The second-order valence-corrected chi connectivity index (χ2v) is 4.15. The number of pyridine rings is 1. The minimum Gasteiger partial charge on any atom is -0.463 e. The topological polar surface area (TPSA) is 98.8 Å². The van der Waals surface area contributed by atoms with Crippen LogP contribution in [0.4, 0.5) is 11.9 Å². The van der Waals surface area contributed by atoms with E-state index < -0.39 is 0 Å². The Morgan fingerprint density at radius 3 is 2.90 bits per heavy atom. The maximum absolute atomic E-state index is 5.62. The van der Waals surface area contributed by atoms with Gasteiger partial charge in [0.05, 0.1) is 6.61 Å². The van der Waals surface area contributed by atoms with E-state index in [-0.39, 0.29) is 12.0 Å². The normalized spacial score (nSPS) is 10.2. The van der Waals surface area contributed by atoms with E-state index in [4.69, 9.17) is 10.5 Å². The summed E-state index contributed by atoms with van der Waals surface area (Å²) in [7, 11) is 0. The van der Waals surface area contributed by atoms with Crippen LogP contribution in [0.15, 0.2) is 24.4 Å². The third-order valence-electron chi connectivity index (χ3n) is 2.46. The molecule has 7 heteroatoms. The van der Waals surface area contributed by atoms with Gasteiger partial charge >= 0.3 is 6.01 Å². The highest BCUT2D eigenvalue weighted by Gasteiger charge is 2.05. The molecule has 0 atom stereocenters. The van der Waals surface area contributed by atoms with Gasteiger partial charge in [-0.1, -0.05) is 13.0 Å². The van der Waals surface area contributed by atoms with Crippen LogP contribution in [-0.4, -0.2) is 33.1 Å². The zero-order valence-corrected chi connectivity index (χ0v) is 11.4. The summed E-state index contributed by atoms with van der Waals surface area (Å²) in [5, 5.41) is 3.09. The molecule has 0 bridgehead atoms. The second-order valence-electron chi connectivity index (χ2n) is 4.15. The lowest BCUT2D eigenvalue weighted by Gasteiger charge is -2.07. The quantitative estimate of drug-likeness (QED) is 0.784. The zero-order valence-electron chi connectivity index (χ0n) is 11.4. The summed E-state index contributed by atoms with van der Waals surface area (Å²) in [6.07, 6.45) is 3.43. The summed E-state index contributed by atoms with van der Waals surface area (Å²) in [4.78, 5) is 16.3. The van der Waals surface area contributed by atoms with Crippen molar-refractivity contribution in [1.82, 2.24) is 19.9 Å². The largest absolute Gasteiger partial charge is 0.463 e. The van der Waals surface area contributed by atoms with Gasteiger partial charge in [0.25, 0.3) is 0 Å². The Bertz CT molecular complexity index is 534. The number of ether oxygens (including phenoxy) is 1. The van der Waals surface area contributed by atoms with Crippen molar-refractivity contribution in [3.63, 3.8) is 0 Å². The molecule has 106 valence electrons. The lowest BCUT2D eigenvalue weighted by Crippen LogP contribution is -2.12. The number of nitrogens with zero attached hydrogens (tertiary/aromatic N) is 4. The molecule has 3 N–H and O–H groups in total. The van der Waals surface area contributed by atoms with Gasteiger partial charge in [0.2, 0.25) is 11.9 Å². The molecule has 0 aliphatic rings. The first-order chi connectivity index (χ1) is 9.78. The fourth-order valence-electron chi connectivity index (χ4n) is 1.56. The Morgan fingerprint density at radius 1 is 1.25 bits per heavy atom. The van der Waals surface area contributed by atoms with E-state index in [1.165, 1.54) is 0 Å². The Kier molecular flexibility index (Phi) is 5.05. The molecule has 0 aliphatic heterocycles. The van der Waals surface area contributed by atoms with Crippen molar-refractivity contribution in [3.8, 4) is 6.01 Å². The van der Waals surface area contributed by atoms with Gasteiger partial charge in [0, 0.05) is 24.9 Å². The molecule has 2 rings (SSSR count). The van der Waals surface area contributed by atoms with Gasteiger partial charge in [0.15, 0.2) is 0 Å². The average Bonchev–Trinajstić information content (AvgIpc) is 2.46. The fraction of sp³-hybridized carbons (Fsp3) is 0.385. The molecule has 0 spiro atoms. The van der Waals surface area contributed by atoms with Crippen LogP contribution in [0.1, 0.15) is 19.0 Å². The highest BCUT2D eigenvalue weighted by Crippen LogP contribution is 2.09. The Labute approximate surface area is 117 Å². The van der Waals surface area contributed by atoms with Crippen LogP contribution in [0.5, 0.6) is 6.01 Å². The SMILES string of the molecule is CCCOc1nc(N)nc(NCCc2ccccn2)n1. The maximum Gasteiger partial charge on any atom is 0.323 e. The van der Waals surface area contributed by atoms with Crippen LogP contribution < -0.4 is 15.8 Å². The van der Waals surface area contributed by atoms with Crippen LogP contribution in [0.25, 0.3) is 0 Å². The first-order valence-electron chi connectivity index (χ1n) is 6.56. The van der Waals surface area contributed by atoms with Crippen molar-refractivity contribution in [3.05, 3.63) is 30.1 Å². The molecule has 0 saturated carbocycles. The van der Waals surface area contributed by atoms with Crippen LogP contribution >= 0.6 is 0 Å². The van der Waals surface area contributed by atoms with E-state index in [1.54, 1.807) is 6.20 Å². The molecule has 0 aliphatic carbocycles. The highest BCUT2D eigenvalue weighted by molar-refractivity contribution is 5.32. The van der Waals surface area contributed by atoms with Gasteiger partial charge in [-0.25, -0.2) is 0 Å². The molecule has 0 aromatic carbocycles. The van der Waals surface area contributed by atoms with E-state index in [9.17, 15) is 0 Å². The number of anilines is 2. The first kappa shape index (κ1) is 14.0. The molecule has 2 aromatic rings. The number of rotatable bonds is 7. The average molecular weight is 274 g/mol. The lowest BCUT2D eigenvalue weighted by molar-refractivity contribution is 0.292. The molecular formula is C13H18N6O. The summed E-state index contributed by atoms with van der Waals surface area (Å²) in [5.74, 6) is 0.561. The standard InChI is InChI=1S/C13H18N6O/c1-2-9-20-13-18-11(14)17-12(19-13)16-8-6-10-5-3-4-7-15-10/h3-5,7H,2,6,8-9H2,1H3,(H3,14,16,17,18,19). The van der Waals surface area contributed by atoms with Crippen molar-refractivity contribution in [1.29, 1.82) is 0 Å². The summed E-state index contributed by atoms with van der Waals surface area (Å²) in [6.45, 7) is 3.22. The smallest absolute Gasteiger partial charge is 0.323 e. The predicted molar refractivity (Wildman–Crippen MR) is 76.5 cm³/mol. The number of nitrogens with one attached hydrogen (secondary N) is 1. The molecule has 0 radical (unpaired) electrons. The van der Waals surface area contributed by atoms with Gasteiger partial charge in [0.1, 0.15) is 0 Å². The summed E-state index contributed by atoms with van der Waals surface area (Å²) in [6, 6.07) is 6.07. The van der Waals surface area contributed by atoms with Gasteiger partial charge in [-0.05, 0) is 18.6 Å². The van der Waals surface area contributed by atoms with Crippen molar-refractivity contribution in [2.75, 3.05) is 24.2 Å². The number of nitrogen functional groups attached to an aromatic ring is 1. The minimum absolute atomic E-state index is 0.145. The summed E-state index contributed by atoms with van der Waals surface area (Å²) in [5.41, 5.74) is 6.62. The van der Waals surface area contributed by atoms with Crippen LogP contribution in [-0.2, 0) is 6.42 Å². The molecule has 2 heterocycles. The summed E-state index contributed by atoms with van der Waals surface area (Å²) >= 11 is 0. The summed E-state index contributed by atoms with van der Waals surface area (Å²) < 4.78 is 5.35. The van der Waals surface area contributed by atoms with Gasteiger partial charge in [-0.15, -0.1) is 0 Å². The molecule has 0 fully saturated rings. The van der Waals surface area contributed by atoms with E-state index in [0.717, 1.165) is 18.5 Å². The molecule has 2 aromatic heterocycles. The highest BCUT2D eigenvalue weighted by atomic mass is 16.5. The second kappa shape index (κ2) is 7.22. The molecule has 0 amide bonds. The van der Waals surface area contributed by atoms with E-state index in [2.05, 4.69) is 25.3 Å². The van der Waals surface area contributed by atoms with Crippen molar-refractivity contribution in [2.45, 2.75) is 19.8 Å². The van der Waals surface area contributed by atoms with Gasteiger partial charge in [-0.3, -0.25) is 4.98 Å². The van der Waals surface area contributed by atoms with Crippen LogP contribution in [0, 0.1) is 0 Å². The molecule has 0 unspecified atom stereocenters. The third kappa shape index (κ3) is 4.34. The number of hydrogen-bond acceptors (Lipinski definition) is 7. The van der Waals surface area contributed by atoms with Crippen LogP contribution in [0.2, 0.25) is 0 Å². The first-order valence-corrected chi connectivity index (χ1v) is 6.56. The molecular weight excluding hydrogens is 256 g/mol. The fourth-order valence-corrected chi connectivity index (χ4v) is 1.56. The Morgan fingerprint density at radius 2 is 2.15 bits per heavy atom. The Hall–Kier alpha value is -2.44. The van der Waals surface area contributed by atoms with Gasteiger partial charge < -0.3 is 15.8 Å². The number of aromatic nitrogens is 4. The third-order valence-corrected chi connectivity index (χ3v) is 2.46. The van der Waals surface area contributed by atoms with Gasteiger partial charge in [-0.2, -0.15) is 15.0 Å². The lowest BCUT2D eigenvalue weighted by atomic mass is 10.3. The predicted octanol–water partition coefficient (Wildman–Crippen LogP) is 1.29. The number of hydrogen-bond donors (Lipinski definition) is 2. The Balaban J connectivity index is 1.90. The monoisotopic (exact) mass is 274 g/mol. The van der Waals surface area contributed by atoms with Crippen molar-refractivity contribution >= 4 is 11.9 Å². The van der Waals surface area contributed by atoms with E-state index in [1.807, 2.05) is 25.1 Å². The molecule has 7 nitrogen and oxygen atoms in total. The minimum atomic E-state index is 0.145. The van der Waals surface area contributed by atoms with E-state index >= 15 is 0 Å². The number of nitrogens with two attached hydrogens (primary N) is 1. The molecule has 20 heavy (non-hydrogen) atoms. The van der Waals surface area contributed by atoms with E-state index in [0.29, 0.717) is 19.1 Å². The van der Waals surface area contributed by atoms with Crippen LogP contribution in [0.3, 0.4) is 0 Å². The molecule has 0 saturated heterocycles. The zero-order chi connectivity index (χ0) is 14.2. The van der Waals surface area contributed by atoms with Crippen molar-refractivity contribution < 1.29 is 4.74 Å². The maximum atomic E-state index is 5.62.